The summed E-state index contributed by atoms with van der Waals surface area (Å²) in [6, 6.07) is 8.06. The average molecular weight is 367 g/mol. The van der Waals surface area contributed by atoms with E-state index < -0.39 is 5.54 Å². The van der Waals surface area contributed by atoms with E-state index in [-0.39, 0.29) is 11.8 Å². The molecular weight excluding hydrogens is 342 g/mol. The van der Waals surface area contributed by atoms with Crippen LogP contribution in [0.5, 0.6) is 0 Å². The topological polar surface area (TPSA) is 71.3 Å². The molecule has 3 heterocycles. The van der Waals surface area contributed by atoms with E-state index in [0.717, 1.165) is 31.4 Å². The van der Waals surface area contributed by atoms with Crippen molar-refractivity contribution in [1.29, 1.82) is 0 Å². The molecule has 1 atom stereocenters. The first-order valence-electron chi connectivity index (χ1n) is 9.62. The molecule has 0 N–H and O–H groups in total. The van der Waals surface area contributed by atoms with Gasteiger partial charge in [0.25, 0.3) is 5.91 Å². The van der Waals surface area contributed by atoms with Crippen LogP contribution in [-0.2, 0) is 16.1 Å². The van der Waals surface area contributed by atoms with Gasteiger partial charge < -0.3 is 14.4 Å². The molecule has 0 saturated carbocycles. The molecule has 7 heteroatoms. The van der Waals surface area contributed by atoms with Crippen LogP contribution in [0.4, 0.5) is 5.69 Å². The van der Waals surface area contributed by atoms with Crippen LogP contribution < -0.4 is 4.90 Å². The normalized spacial score (nSPS) is 22.6. The molecule has 2 amide bonds. The Morgan fingerprint density at radius 1 is 1.07 bits per heavy atom. The highest BCUT2D eigenvalue weighted by Gasteiger charge is 2.52. The lowest BCUT2D eigenvalue weighted by atomic mass is 9.85. The van der Waals surface area contributed by atoms with Crippen molar-refractivity contribution in [3.05, 3.63) is 42.5 Å². The second kappa shape index (κ2) is 7.13. The van der Waals surface area contributed by atoms with Crippen molar-refractivity contribution < 1.29 is 9.59 Å². The van der Waals surface area contributed by atoms with Crippen LogP contribution in [0.3, 0.4) is 0 Å². The van der Waals surface area contributed by atoms with Gasteiger partial charge in [0.1, 0.15) is 18.2 Å². The fraction of sp³-hybridized carbons (Fsp3) is 0.500. The first kappa shape index (κ1) is 17.7. The quantitative estimate of drug-likeness (QED) is 0.830. The predicted molar refractivity (Wildman–Crippen MR) is 101 cm³/mol. The highest BCUT2D eigenvalue weighted by atomic mass is 16.2. The molecule has 0 radical (unpaired) electrons. The van der Waals surface area contributed by atoms with Crippen molar-refractivity contribution in [3.8, 4) is 0 Å². The number of carbonyl (C=O) groups excluding carboxylic acids is 2. The number of benzene rings is 1. The molecule has 4 rings (SSSR count). The largest absolute Gasteiger partial charge is 0.328 e. The number of nitrogens with zero attached hydrogens (tertiary/aromatic N) is 5. The van der Waals surface area contributed by atoms with E-state index in [9.17, 15) is 9.59 Å². The Morgan fingerprint density at radius 2 is 1.74 bits per heavy atom. The summed E-state index contributed by atoms with van der Waals surface area (Å²) in [6.07, 6.45) is 6.88. The van der Waals surface area contributed by atoms with Gasteiger partial charge in [0, 0.05) is 31.7 Å². The minimum Gasteiger partial charge on any atom is -0.328 e. The first-order valence-corrected chi connectivity index (χ1v) is 9.62. The number of piperidine rings is 1. The van der Waals surface area contributed by atoms with Crippen molar-refractivity contribution in [2.24, 2.45) is 0 Å². The van der Waals surface area contributed by atoms with E-state index in [1.54, 1.807) is 17.2 Å². The number of anilines is 1. The SMILES string of the molecule is Cc1ccc(N2CCCC3(CCCN3C(=O)CCn3cnnc3)C2=O)cc1. The fourth-order valence-electron chi connectivity index (χ4n) is 4.38. The molecule has 2 aromatic rings. The minimum atomic E-state index is -0.673. The summed E-state index contributed by atoms with van der Waals surface area (Å²) in [7, 11) is 0. The molecule has 7 nitrogen and oxygen atoms in total. The van der Waals surface area contributed by atoms with Crippen molar-refractivity contribution in [2.75, 3.05) is 18.0 Å². The molecule has 0 aliphatic carbocycles. The Hall–Kier alpha value is -2.70. The maximum absolute atomic E-state index is 13.5. The van der Waals surface area contributed by atoms with Gasteiger partial charge in [-0.05, 0) is 44.7 Å². The Morgan fingerprint density at radius 3 is 2.44 bits per heavy atom. The smallest absolute Gasteiger partial charge is 0.252 e. The van der Waals surface area contributed by atoms with Gasteiger partial charge in [-0.1, -0.05) is 17.7 Å². The number of carbonyl (C=O) groups is 2. The van der Waals surface area contributed by atoms with Crippen LogP contribution in [-0.4, -0.2) is 50.1 Å². The van der Waals surface area contributed by atoms with Gasteiger partial charge >= 0.3 is 0 Å². The minimum absolute atomic E-state index is 0.0420. The van der Waals surface area contributed by atoms with Gasteiger partial charge in [-0.15, -0.1) is 10.2 Å². The zero-order valence-electron chi connectivity index (χ0n) is 15.7. The molecule has 1 unspecified atom stereocenters. The molecule has 2 fully saturated rings. The molecule has 0 bridgehead atoms. The second-order valence-corrected chi connectivity index (χ2v) is 7.53. The van der Waals surface area contributed by atoms with Crippen LogP contribution >= 0.6 is 0 Å². The number of likely N-dealkylation sites (tertiary alicyclic amines) is 1. The van der Waals surface area contributed by atoms with E-state index in [1.165, 1.54) is 5.56 Å². The number of aryl methyl sites for hydroxylation is 2. The second-order valence-electron chi connectivity index (χ2n) is 7.53. The maximum atomic E-state index is 13.5. The zero-order valence-corrected chi connectivity index (χ0v) is 15.7. The lowest BCUT2D eigenvalue weighted by Gasteiger charge is -2.44. The van der Waals surface area contributed by atoms with Crippen LogP contribution in [0, 0.1) is 6.92 Å². The molecule has 2 aliphatic heterocycles. The number of rotatable bonds is 4. The maximum Gasteiger partial charge on any atom is 0.252 e. The monoisotopic (exact) mass is 367 g/mol. The number of aromatic nitrogens is 3. The van der Waals surface area contributed by atoms with Crippen LogP contribution in [0.1, 0.15) is 37.7 Å². The highest BCUT2D eigenvalue weighted by molar-refractivity contribution is 6.03. The van der Waals surface area contributed by atoms with Gasteiger partial charge in [0.05, 0.1) is 0 Å². The van der Waals surface area contributed by atoms with Crippen molar-refractivity contribution in [2.45, 2.75) is 51.1 Å². The third-order valence-corrected chi connectivity index (χ3v) is 5.80. The van der Waals surface area contributed by atoms with Crippen LogP contribution in [0.2, 0.25) is 0 Å². The molecule has 2 saturated heterocycles. The van der Waals surface area contributed by atoms with E-state index >= 15 is 0 Å². The number of amides is 2. The summed E-state index contributed by atoms with van der Waals surface area (Å²) in [5.74, 6) is 0.119. The van der Waals surface area contributed by atoms with Gasteiger partial charge in [0.15, 0.2) is 0 Å². The predicted octanol–water partition coefficient (Wildman–Crippen LogP) is 2.16. The molecule has 27 heavy (non-hydrogen) atoms. The Labute approximate surface area is 159 Å². The molecule has 1 aromatic carbocycles. The molecular formula is C20H25N5O2. The zero-order chi connectivity index (χ0) is 18.9. The Kier molecular flexibility index (Phi) is 4.68. The number of hydrogen-bond donors (Lipinski definition) is 0. The highest BCUT2D eigenvalue weighted by Crippen LogP contribution is 2.40. The third-order valence-electron chi connectivity index (χ3n) is 5.80. The first-order chi connectivity index (χ1) is 13.1. The van der Waals surface area contributed by atoms with Gasteiger partial charge in [0.2, 0.25) is 5.91 Å². The van der Waals surface area contributed by atoms with E-state index in [0.29, 0.717) is 26.1 Å². The van der Waals surface area contributed by atoms with E-state index in [4.69, 9.17) is 0 Å². The Balaban J connectivity index is 1.53. The third kappa shape index (κ3) is 3.22. The Bertz CT molecular complexity index is 817. The van der Waals surface area contributed by atoms with Crippen molar-refractivity contribution in [1.82, 2.24) is 19.7 Å². The lowest BCUT2D eigenvalue weighted by molar-refractivity contribution is -0.145. The van der Waals surface area contributed by atoms with Gasteiger partial charge in [-0.2, -0.15) is 0 Å². The van der Waals surface area contributed by atoms with Gasteiger partial charge in [-0.25, -0.2) is 0 Å². The summed E-state index contributed by atoms with van der Waals surface area (Å²) in [5, 5.41) is 7.54. The standard InChI is InChI=1S/C20H25N5O2/c1-16-4-6-17(7-5-16)24-11-2-9-20(19(24)27)10-3-12-25(20)18(26)8-13-23-14-21-22-15-23/h4-7,14-15H,2-3,8-13H2,1H3. The summed E-state index contributed by atoms with van der Waals surface area (Å²) >= 11 is 0. The summed E-state index contributed by atoms with van der Waals surface area (Å²) in [5.41, 5.74) is 1.42. The molecule has 1 aromatic heterocycles. The molecule has 142 valence electrons. The molecule has 1 spiro atoms. The summed E-state index contributed by atoms with van der Waals surface area (Å²) < 4.78 is 1.79. The van der Waals surface area contributed by atoms with Gasteiger partial charge in [-0.3, -0.25) is 9.59 Å². The fourth-order valence-corrected chi connectivity index (χ4v) is 4.38. The average Bonchev–Trinajstić information content (AvgIpc) is 3.34. The molecule has 2 aliphatic rings. The van der Waals surface area contributed by atoms with Crippen LogP contribution in [0.25, 0.3) is 0 Å². The summed E-state index contributed by atoms with van der Waals surface area (Å²) in [6.45, 7) is 3.95. The van der Waals surface area contributed by atoms with Crippen LogP contribution in [0.15, 0.2) is 36.9 Å². The summed E-state index contributed by atoms with van der Waals surface area (Å²) in [4.78, 5) is 30.2. The van der Waals surface area contributed by atoms with E-state index in [1.807, 2.05) is 41.0 Å². The van der Waals surface area contributed by atoms with Crippen molar-refractivity contribution in [3.63, 3.8) is 0 Å². The van der Waals surface area contributed by atoms with Crippen molar-refractivity contribution >= 4 is 17.5 Å². The van der Waals surface area contributed by atoms with E-state index in [2.05, 4.69) is 10.2 Å². The lowest BCUT2D eigenvalue weighted by Crippen LogP contribution is -2.61. The number of hydrogen-bond acceptors (Lipinski definition) is 4.